The van der Waals surface area contributed by atoms with Crippen LogP contribution in [0.1, 0.15) is 50.2 Å². The number of nitrogens with one attached hydrogen (secondary N) is 1. The molecule has 0 atom stereocenters. The number of amides is 1. The average Bonchev–Trinajstić information content (AvgIpc) is 3.05. The quantitative estimate of drug-likeness (QED) is 0.657. The summed E-state index contributed by atoms with van der Waals surface area (Å²) in [6, 6.07) is 3.40. The van der Waals surface area contributed by atoms with Gasteiger partial charge in [-0.25, -0.2) is 0 Å². The van der Waals surface area contributed by atoms with Crippen LogP contribution in [0.3, 0.4) is 0 Å². The maximum absolute atomic E-state index is 13.0. The van der Waals surface area contributed by atoms with Crippen molar-refractivity contribution in [3.05, 3.63) is 57.7 Å². The first-order valence-electron chi connectivity index (χ1n) is 8.50. The van der Waals surface area contributed by atoms with Crippen molar-refractivity contribution in [2.24, 2.45) is 0 Å². The van der Waals surface area contributed by atoms with Crippen molar-refractivity contribution in [3.8, 4) is 0 Å². The minimum Gasteiger partial charge on any atom is -0.321 e. The number of allylic oxidation sites excluding steroid dienone is 5. The van der Waals surface area contributed by atoms with Gasteiger partial charge in [-0.3, -0.25) is 4.79 Å². The fourth-order valence-electron chi connectivity index (χ4n) is 4.01. The Morgan fingerprint density at radius 2 is 1.92 bits per heavy atom. The standard InChI is InChI=1S/C20H18F3NO/c1-11-13(8-12-4-2-3-5-15(11)12)9-17-16-10-14(20(21,22)23)6-7-18(16)24-19(17)25/h6-7,9-10H,2-5,8H2,1H3,(H,24,25). The molecule has 0 spiro atoms. The highest BCUT2D eigenvalue weighted by Gasteiger charge is 2.34. The van der Waals surface area contributed by atoms with Gasteiger partial charge in [-0.2, -0.15) is 13.2 Å². The van der Waals surface area contributed by atoms with E-state index >= 15 is 0 Å². The maximum Gasteiger partial charge on any atom is 0.416 e. The Morgan fingerprint density at radius 3 is 2.64 bits per heavy atom. The average molecular weight is 345 g/mol. The van der Waals surface area contributed by atoms with Crippen molar-refractivity contribution in [1.82, 2.24) is 0 Å². The summed E-state index contributed by atoms with van der Waals surface area (Å²) >= 11 is 0. The monoisotopic (exact) mass is 345 g/mol. The Kier molecular flexibility index (Phi) is 3.63. The molecule has 2 aliphatic carbocycles. The van der Waals surface area contributed by atoms with Crippen LogP contribution in [0.5, 0.6) is 0 Å². The maximum atomic E-state index is 13.0. The second-order valence-corrected chi connectivity index (χ2v) is 6.89. The van der Waals surface area contributed by atoms with E-state index in [1.165, 1.54) is 35.6 Å². The van der Waals surface area contributed by atoms with E-state index in [4.69, 9.17) is 0 Å². The molecular formula is C20H18F3NO. The third-order valence-corrected chi connectivity index (χ3v) is 5.37. The lowest BCUT2D eigenvalue weighted by atomic mass is 9.91. The Morgan fingerprint density at radius 1 is 1.16 bits per heavy atom. The number of anilines is 1. The highest BCUT2D eigenvalue weighted by atomic mass is 19.4. The van der Waals surface area contributed by atoms with Crippen LogP contribution in [-0.2, 0) is 11.0 Å². The Hall–Kier alpha value is -2.30. The van der Waals surface area contributed by atoms with E-state index in [1.54, 1.807) is 6.08 Å². The molecule has 0 fully saturated rings. The molecule has 0 radical (unpaired) electrons. The minimum atomic E-state index is -4.42. The van der Waals surface area contributed by atoms with Crippen molar-refractivity contribution in [3.63, 3.8) is 0 Å². The molecule has 0 unspecified atom stereocenters. The van der Waals surface area contributed by atoms with Gasteiger partial charge < -0.3 is 5.32 Å². The number of rotatable bonds is 1. The van der Waals surface area contributed by atoms with E-state index in [2.05, 4.69) is 12.2 Å². The number of carbonyl (C=O) groups excluding carboxylic acids is 1. The van der Waals surface area contributed by atoms with Gasteiger partial charge in [-0.15, -0.1) is 0 Å². The Bertz CT molecular complexity index is 871. The number of carbonyl (C=O) groups is 1. The molecule has 2 nitrogen and oxygen atoms in total. The first-order chi connectivity index (χ1) is 11.8. The van der Waals surface area contributed by atoms with Gasteiger partial charge in [-0.1, -0.05) is 5.57 Å². The van der Waals surface area contributed by atoms with E-state index in [-0.39, 0.29) is 5.91 Å². The molecule has 1 aromatic rings. The van der Waals surface area contributed by atoms with Gasteiger partial charge >= 0.3 is 6.18 Å². The van der Waals surface area contributed by atoms with E-state index in [9.17, 15) is 18.0 Å². The molecule has 0 bridgehead atoms. The van der Waals surface area contributed by atoms with Crippen LogP contribution in [0.2, 0.25) is 0 Å². The molecular weight excluding hydrogens is 327 g/mol. The molecule has 1 amide bonds. The van der Waals surface area contributed by atoms with E-state index in [0.29, 0.717) is 16.8 Å². The summed E-state index contributed by atoms with van der Waals surface area (Å²) in [4.78, 5) is 12.3. The lowest BCUT2D eigenvalue weighted by molar-refractivity contribution is -0.137. The number of benzene rings is 1. The fourth-order valence-corrected chi connectivity index (χ4v) is 4.01. The highest BCUT2D eigenvalue weighted by molar-refractivity contribution is 6.32. The molecule has 1 heterocycles. The van der Waals surface area contributed by atoms with Crippen LogP contribution >= 0.6 is 0 Å². The van der Waals surface area contributed by atoms with Crippen LogP contribution in [0.15, 0.2) is 46.6 Å². The van der Waals surface area contributed by atoms with Crippen molar-refractivity contribution in [1.29, 1.82) is 0 Å². The molecule has 1 N–H and O–H groups in total. The molecule has 0 saturated carbocycles. The number of halogens is 3. The molecule has 4 rings (SSSR count). The molecule has 1 aromatic carbocycles. The number of hydrogen-bond donors (Lipinski definition) is 1. The second-order valence-electron chi connectivity index (χ2n) is 6.89. The Balaban J connectivity index is 1.74. The molecule has 3 aliphatic rings. The predicted molar refractivity (Wildman–Crippen MR) is 90.9 cm³/mol. The van der Waals surface area contributed by atoms with Crippen LogP contribution in [-0.4, -0.2) is 5.91 Å². The van der Waals surface area contributed by atoms with Crippen LogP contribution in [0, 0.1) is 0 Å². The summed E-state index contributed by atoms with van der Waals surface area (Å²) in [5.74, 6) is -0.334. The largest absolute Gasteiger partial charge is 0.416 e. The topological polar surface area (TPSA) is 29.1 Å². The second kappa shape index (κ2) is 5.61. The zero-order chi connectivity index (χ0) is 17.8. The van der Waals surface area contributed by atoms with Gasteiger partial charge in [0.05, 0.1) is 5.56 Å². The summed E-state index contributed by atoms with van der Waals surface area (Å²) in [5, 5.41) is 2.67. The van der Waals surface area contributed by atoms with Crippen molar-refractivity contribution in [2.45, 2.75) is 45.2 Å². The van der Waals surface area contributed by atoms with Gasteiger partial charge in [0.2, 0.25) is 0 Å². The van der Waals surface area contributed by atoms with Gasteiger partial charge in [0.15, 0.2) is 0 Å². The Labute approximate surface area is 144 Å². The lowest BCUT2D eigenvalue weighted by Gasteiger charge is -2.14. The van der Waals surface area contributed by atoms with E-state index in [1.807, 2.05) is 0 Å². The predicted octanol–water partition coefficient (Wildman–Crippen LogP) is 5.63. The van der Waals surface area contributed by atoms with Gasteiger partial charge in [0.25, 0.3) is 5.91 Å². The van der Waals surface area contributed by atoms with Crippen LogP contribution in [0.4, 0.5) is 18.9 Å². The van der Waals surface area contributed by atoms with Gasteiger partial charge in [0.1, 0.15) is 0 Å². The zero-order valence-corrected chi connectivity index (χ0v) is 13.9. The van der Waals surface area contributed by atoms with Crippen LogP contribution in [0.25, 0.3) is 5.57 Å². The normalized spacial score (nSPS) is 21.8. The molecule has 25 heavy (non-hydrogen) atoms. The van der Waals surface area contributed by atoms with Crippen molar-refractivity contribution < 1.29 is 18.0 Å². The minimum absolute atomic E-state index is 0.329. The number of hydrogen-bond acceptors (Lipinski definition) is 1. The lowest BCUT2D eigenvalue weighted by Crippen LogP contribution is -2.04. The summed E-state index contributed by atoms with van der Waals surface area (Å²) < 4.78 is 39.0. The van der Waals surface area contributed by atoms with Gasteiger partial charge in [0, 0.05) is 16.8 Å². The summed E-state index contributed by atoms with van der Waals surface area (Å²) in [7, 11) is 0. The third kappa shape index (κ3) is 2.71. The molecule has 5 heteroatoms. The first-order valence-corrected chi connectivity index (χ1v) is 8.50. The molecule has 130 valence electrons. The van der Waals surface area contributed by atoms with E-state index in [0.717, 1.165) is 37.0 Å². The molecule has 0 saturated heterocycles. The highest BCUT2D eigenvalue weighted by Crippen LogP contribution is 2.43. The number of fused-ring (bicyclic) bond motifs is 1. The van der Waals surface area contributed by atoms with Crippen molar-refractivity contribution in [2.75, 3.05) is 5.32 Å². The smallest absolute Gasteiger partial charge is 0.321 e. The third-order valence-electron chi connectivity index (χ3n) is 5.37. The van der Waals surface area contributed by atoms with Crippen molar-refractivity contribution >= 4 is 17.2 Å². The summed E-state index contributed by atoms with van der Waals surface area (Å²) in [6.45, 7) is 2.06. The summed E-state index contributed by atoms with van der Waals surface area (Å²) in [5.41, 5.74) is 5.44. The number of alkyl halides is 3. The van der Waals surface area contributed by atoms with Gasteiger partial charge in [-0.05, 0) is 80.0 Å². The molecule has 1 aliphatic heterocycles. The first kappa shape index (κ1) is 16.2. The fraction of sp³-hybridized carbons (Fsp3) is 0.350. The SMILES string of the molecule is CC1=C(C=C2C(=O)Nc3ccc(C(F)(F)F)cc32)CC2=C1CCCC2. The van der Waals surface area contributed by atoms with Crippen LogP contribution < -0.4 is 5.32 Å². The molecule has 0 aromatic heterocycles. The van der Waals surface area contributed by atoms with E-state index < -0.39 is 11.7 Å². The summed E-state index contributed by atoms with van der Waals surface area (Å²) in [6.07, 6.45) is 2.69. The zero-order valence-electron chi connectivity index (χ0n) is 13.9.